The van der Waals surface area contributed by atoms with E-state index in [0.29, 0.717) is 6.04 Å². The van der Waals surface area contributed by atoms with Crippen molar-refractivity contribution in [3.8, 4) is 0 Å². The summed E-state index contributed by atoms with van der Waals surface area (Å²) < 4.78 is 0. The second-order valence-corrected chi connectivity index (χ2v) is 6.28. The van der Waals surface area contributed by atoms with Crippen LogP contribution in [0.5, 0.6) is 0 Å². The molecule has 1 heterocycles. The molecule has 2 aliphatic rings. The lowest BCUT2D eigenvalue weighted by molar-refractivity contribution is 0.0848. The number of aliphatic hydroxyl groups is 1. The summed E-state index contributed by atoms with van der Waals surface area (Å²) in [5.41, 5.74) is -0.223. The van der Waals surface area contributed by atoms with Crippen molar-refractivity contribution < 1.29 is 5.11 Å². The zero-order chi connectivity index (χ0) is 12.5. The van der Waals surface area contributed by atoms with Crippen molar-refractivity contribution in [3.63, 3.8) is 0 Å². The second-order valence-electron chi connectivity index (χ2n) is 5.89. The first-order chi connectivity index (χ1) is 8.01. The molecule has 17 heavy (non-hydrogen) atoms. The van der Waals surface area contributed by atoms with Crippen LogP contribution in [0.1, 0.15) is 52.4 Å². The van der Waals surface area contributed by atoms with Gasteiger partial charge in [0.1, 0.15) is 0 Å². The van der Waals surface area contributed by atoms with Crippen molar-refractivity contribution in [3.05, 3.63) is 0 Å². The molecule has 0 aromatic heterocycles. The number of aliphatic hydroxyl groups excluding tert-OH is 1. The monoisotopic (exact) mass is 256 g/mol. The van der Waals surface area contributed by atoms with Crippen molar-refractivity contribution in [2.24, 2.45) is 0 Å². The van der Waals surface area contributed by atoms with Gasteiger partial charge in [-0.2, -0.15) is 0 Å². The first-order valence-electron chi connectivity index (χ1n) is 6.78. The molecule has 1 saturated heterocycles. The lowest BCUT2D eigenvalue weighted by Gasteiger charge is -2.37. The number of rotatable bonds is 1. The van der Waals surface area contributed by atoms with Gasteiger partial charge in [0.15, 0.2) is 5.11 Å². The van der Waals surface area contributed by atoms with Gasteiger partial charge in [-0.05, 0) is 45.3 Å². The van der Waals surface area contributed by atoms with E-state index >= 15 is 0 Å². The molecule has 98 valence electrons. The molecular weight excluding hydrogens is 232 g/mol. The zero-order valence-electron chi connectivity index (χ0n) is 10.9. The summed E-state index contributed by atoms with van der Waals surface area (Å²) in [4.78, 5) is 2.15. The predicted octanol–water partition coefficient (Wildman–Crippen LogP) is 2.04. The highest BCUT2D eigenvalue weighted by Crippen LogP contribution is 2.29. The molecule has 0 aromatic carbocycles. The molecule has 1 unspecified atom stereocenters. The third-order valence-electron chi connectivity index (χ3n) is 4.32. The average Bonchev–Trinajstić information content (AvgIpc) is 2.55. The summed E-state index contributed by atoms with van der Waals surface area (Å²) in [6.45, 7) is 5.01. The fraction of sp³-hybridized carbons (Fsp3) is 0.923. The van der Waals surface area contributed by atoms with Crippen LogP contribution in [0, 0.1) is 0 Å². The fourth-order valence-electron chi connectivity index (χ4n) is 2.94. The Morgan fingerprint density at radius 1 is 1.24 bits per heavy atom. The van der Waals surface area contributed by atoms with Gasteiger partial charge in [-0.25, -0.2) is 0 Å². The van der Waals surface area contributed by atoms with E-state index in [1.54, 1.807) is 0 Å². The number of thiocarbonyl (C=S) groups is 1. The van der Waals surface area contributed by atoms with Gasteiger partial charge in [-0.1, -0.05) is 19.3 Å². The molecular formula is C13H24N2OS. The molecule has 3 nitrogen and oxygen atoms in total. The molecule has 2 rings (SSSR count). The van der Waals surface area contributed by atoms with Crippen LogP contribution < -0.4 is 5.32 Å². The highest BCUT2D eigenvalue weighted by atomic mass is 32.1. The highest BCUT2D eigenvalue weighted by Gasteiger charge is 2.41. The number of hydrogen-bond acceptors (Lipinski definition) is 2. The highest BCUT2D eigenvalue weighted by molar-refractivity contribution is 7.80. The lowest BCUT2D eigenvalue weighted by atomic mass is 9.95. The minimum absolute atomic E-state index is 0.223. The maximum atomic E-state index is 9.95. The van der Waals surface area contributed by atoms with Gasteiger partial charge >= 0.3 is 0 Å². The Balaban J connectivity index is 1.91. The van der Waals surface area contributed by atoms with E-state index in [4.69, 9.17) is 12.2 Å². The van der Waals surface area contributed by atoms with E-state index in [2.05, 4.69) is 24.1 Å². The van der Waals surface area contributed by atoms with Gasteiger partial charge in [0.05, 0.1) is 11.6 Å². The topological polar surface area (TPSA) is 35.5 Å². The molecule has 0 spiro atoms. The molecule has 0 radical (unpaired) electrons. The second kappa shape index (κ2) is 5.11. The van der Waals surface area contributed by atoms with E-state index in [1.165, 1.54) is 32.1 Å². The number of hydrogen-bond donors (Lipinski definition) is 2. The summed E-state index contributed by atoms with van der Waals surface area (Å²) in [5.74, 6) is 0. The summed E-state index contributed by atoms with van der Waals surface area (Å²) in [6, 6.07) is 0.546. The van der Waals surface area contributed by atoms with Gasteiger partial charge in [-0.15, -0.1) is 0 Å². The Morgan fingerprint density at radius 2 is 1.88 bits per heavy atom. The smallest absolute Gasteiger partial charge is 0.169 e. The molecule has 1 atom stereocenters. The number of nitrogens with zero attached hydrogens (tertiary/aromatic N) is 1. The van der Waals surface area contributed by atoms with Gasteiger partial charge in [0, 0.05) is 12.6 Å². The fourth-order valence-corrected chi connectivity index (χ4v) is 3.43. The molecule has 0 bridgehead atoms. The molecule has 4 heteroatoms. The quantitative estimate of drug-likeness (QED) is 0.704. The standard InChI is InChI=1S/C13H24N2OS/c1-13(2)11(16)8-9-15(13)12(17)14-10-6-4-3-5-7-10/h10-11,16H,3-9H2,1-2H3,(H,14,17). The van der Waals surface area contributed by atoms with Crippen LogP contribution in [-0.4, -0.2) is 39.3 Å². The maximum absolute atomic E-state index is 9.95. The van der Waals surface area contributed by atoms with Gasteiger partial charge in [0.25, 0.3) is 0 Å². The summed E-state index contributed by atoms with van der Waals surface area (Å²) in [6.07, 6.45) is 7.00. The number of likely N-dealkylation sites (tertiary alicyclic amines) is 1. The van der Waals surface area contributed by atoms with Crippen LogP contribution in [0.25, 0.3) is 0 Å². The van der Waals surface area contributed by atoms with Crippen molar-refractivity contribution in [1.29, 1.82) is 0 Å². The average molecular weight is 256 g/mol. The molecule has 2 fully saturated rings. The first kappa shape index (κ1) is 13.1. The van der Waals surface area contributed by atoms with E-state index in [1.807, 2.05) is 0 Å². The lowest BCUT2D eigenvalue weighted by Crippen LogP contribution is -2.53. The Hall–Kier alpha value is -0.350. The Morgan fingerprint density at radius 3 is 2.41 bits per heavy atom. The van der Waals surface area contributed by atoms with Gasteiger partial charge in [-0.3, -0.25) is 0 Å². The SMILES string of the molecule is CC1(C)C(O)CCN1C(=S)NC1CCCCC1. The van der Waals surface area contributed by atoms with Gasteiger partial charge in [0.2, 0.25) is 0 Å². The van der Waals surface area contributed by atoms with Crippen LogP contribution in [0.15, 0.2) is 0 Å². The third-order valence-corrected chi connectivity index (χ3v) is 4.65. The largest absolute Gasteiger partial charge is 0.391 e. The third kappa shape index (κ3) is 2.74. The zero-order valence-corrected chi connectivity index (χ0v) is 11.7. The van der Waals surface area contributed by atoms with E-state index in [9.17, 15) is 5.11 Å². The van der Waals surface area contributed by atoms with E-state index < -0.39 is 0 Å². The van der Waals surface area contributed by atoms with Crippen LogP contribution in [0.4, 0.5) is 0 Å². The Bertz CT molecular complexity index is 287. The van der Waals surface area contributed by atoms with Crippen molar-refractivity contribution in [1.82, 2.24) is 10.2 Å². The summed E-state index contributed by atoms with van der Waals surface area (Å²) in [7, 11) is 0. The van der Waals surface area contributed by atoms with E-state index in [0.717, 1.165) is 18.1 Å². The Kier molecular flexibility index (Phi) is 3.93. The van der Waals surface area contributed by atoms with Crippen LogP contribution >= 0.6 is 12.2 Å². The van der Waals surface area contributed by atoms with Crippen molar-refractivity contribution >= 4 is 17.3 Å². The summed E-state index contributed by atoms with van der Waals surface area (Å²) >= 11 is 5.50. The minimum atomic E-state index is -0.270. The number of nitrogens with one attached hydrogen (secondary N) is 1. The predicted molar refractivity (Wildman–Crippen MR) is 74.0 cm³/mol. The first-order valence-corrected chi connectivity index (χ1v) is 7.19. The molecule has 1 aliphatic carbocycles. The molecule has 1 aliphatic heterocycles. The van der Waals surface area contributed by atoms with Crippen LogP contribution in [-0.2, 0) is 0 Å². The Labute approximate surface area is 110 Å². The van der Waals surface area contributed by atoms with Crippen LogP contribution in [0.2, 0.25) is 0 Å². The molecule has 1 saturated carbocycles. The van der Waals surface area contributed by atoms with Gasteiger partial charge < -0.3 is 15.3 Å². The minimum Gasteiger partial charge on any atom is -0.391 e. The van der Waals surface area contributed by atoms with Crippen LogP contribution in [0.3, 0.4) is 0 Å². The molecule has 0 aromatic rings. The van der Waals surface area contributed by atoms with Crippen molar-refractivity contribution in [2.45, 2.75) is 70.1 Å². The molecule has 2 N–H and O–H groups in total. The molecule has 0 amide bonds. The van der Waals surface area contributed by atoms with Crippen molar-refractivity contribution in [2.75, 3.05) is 6.54 Å². The van der Waals surface area contributed by atoms with E-state index in [-0.39, 0.29) is 11.6 Å². The normalized spacial score (nSPS) is 29.4. The summed E-state index contributed by atoms with van der Waals surface area (Å²) in [5, 5.41) is 14.3. The maximum Gasteiger partial charge on any atom is 0.169 e.